The molecule has 2 heteroatoms. The molecule has 0 aliphatic heterocycles. The lowest BCUT2D eigenvalue weighted by molar-refractivity contribution is 0.123. The lowest BCUT2D eigenvalue weighted by Crippen LogP contribution is -2.43. The van der Waals surface area contributed by atoms with Gasteiger partial charge in [0.25, 0.3) is 0 Å². The molecule has 1 fully saturated rings. The van der Waals surface area contributed by atoms with Crippen molar-refractivity contribution in [3.05, 3.63) is 35.9 Å². The van der Waals surface area contributed by atoms with Crippen LogP contribution < -0.4 is 5.73 Å². The minimum absolute atomic E-state index is 0.166. The van der Waals surface area contributed by atoms with E-state index >= 15 is 0 Å². The summed E-state index contributed by atoms with van der Waals surface area (Å²) in [5, 5.41) is 0. The Morgan fingerprint density at radius 1 is 1.11 bits per heavy atom. The molecule has 0 amide bonds. The Hall–Kier alpha value is -0.860. The Kier molecular flexibility index (Phi) is 4.79. The molecule has 0 bridgehead atoms. The normalized spacial score (nSPS) is 20.9. The average Bonchev–Trinajstić information content (AvgIpc) is 2.40. The van der Waals surface area contributed by atoms with Crippen LogP contribution >= 0.6 is 0 Å². The second-order valence-electron chi connectivity index (χ2n) is 5.67. The maximum Gasteiger partial charge on any atom is 0.0496 e. The highest BCUT2D eigenvalue weighted by molar-refractivity contribution is 5.20. The summed E-state index contributed by atoms with van der Waals surface area (Å²) in [6.07, 6.45) is 6.79. The number of benzene rings is 1. The second kappa shape index (κ2) is 6.35. The summed E-state index contributed by atoms with van der Waals surface area (Å²) < 4.78 is 0. The van der Waals surface area contributed by atoms with Crippen LogP contribution in [0.3, 0.4) is 0 Å². The maximum atomic E-state index is 6.23. The van der Waals surface area contributed by atoms with Crippen molar-refractivity contribution in [2.24, 2.45) is 5.73 Å². The monoisotopic (exact) mass is 246 g/mol. The Labute approximate surface area is 111 Å². The van der Waals surface area contributed by atoms with E-state index < -0.39 is 0 Å². The van der Waals surface area contributed by atoms with Gasteiger partial charge >= 0.3 is 0 Å². The third-order valence-corrected chi connectivity index (χ3v) is 4.23. The first kappa shape index (κ1) is 13.6. The molecule has 0 saturated heterocycles. The summed E-state index contributed by atoms with van der Waals surface area (Å²) in [7, 11) is 2.25. The Morgan fingerprint density at radius 3 is 2.28 bits per heavy atom. The standard InChI is InChI=1S/C16H26N2/c1-13(17)16(14-9-5-3-6-10-14)18(2)15-11-7-4-8-12-15/h3,5-6,9-10,13,15-16H,4,7-8,11-12,17H2,1-2H3. The summed E-state index contributed by atoms with van der Waals surface area (Å²) >= 11 is 0. The quantitative estimate of drug-likeness (QED) is 0.883. The largest absolute Gasteiger partial charge is 0.326 e. The molecule has 0 heterocycles. The van der Waals surface area contributed by atoms with Crippen LogP contribution in [0, 0.1) is 0 Å². The summed E-state index contributed by atoms with van der Waals surface area (Å²) in [5.41, 5.74) is 7.58. The van der Waals surface area contributed by atoms with Gasteiger partial charge in [0.15, 0.2) is 0 Å². The third-order valence-electron chi connectivity index (χ3n) is 4.23. The minimum atomic E-state index is 0.166. The molecule has 18 heavy (non-hydrogen) atoms. The van der Waals surface area contributed by atoms with E-state index in [1.807, 2.05) is 0 Å². The molecule has 1 aliphatic rings. The fourth-order valence-electron chi connectivity index (χ4n) is 3.28. The number of hydrogen-bond acceptors (Lipinski definition) is 2. The number of likely N-dealkylation sites (N-methyl/N-ethyl adjacent to an activating group) is 1. The van der Waals surface area contributed by atoms with Crippen molar-refractivity contribution in [3.8, 4) is 0 Å². The lowest BCUT2D eigenvalue weighted by Gasteiger charge is -2.39. The van der Waals surface area contributed by atoms with E-state index in [1.54, 1.807) is 0 Å². The molecule has 2 nitrogen and oxygen atoms in total. The van der Waals surface area contributed by atoms with Gasteiger partial charge in [0.05, 0.1) is 0 Å². The van der Waals surface area contributed by atoms with Gasteiger partial charge in [-0.15, -0.1) is 0 Å². The van der Waals surface area contributed by atoms with Crippen LogP contribution in [0.4, 0.5) is 0 Å². The SMILES string of the molecule is CC(N)C(c1ccccc1)N(C)C1CCCCC1. The fraction of sp³-hybridized carbons (Fsp3) is 0.625. The Balaban J connectivity index is 2.14. The highest BCUT2D eigenvalue weighted by Crippen LogP contribution is 2.30. The lowest BCUT2D eigenvalue weighted by atomic mass is 9.91. The van der Waals surface area contributed by atoms with Crippen molar-refractivity contribution in [2.45, 2.75) is 57.2 Å². The third kappa shape index (κ3) is 3.12. The van der Waals surface area contributed by atoms with Gasteiger partial charge in [-0.3, -0.25) is 4.90 Å². The molecule has 2 unspecified atom stereocenters. The highest BCUT2D eigenvalue weighted by atomic mass is 15.2. The summed E-state index contributed by atoms with van der Waals surface area (Å²) in [6.45, 7) is 2.12. The van der Waals surface area contributed by atoms with E-state index in [1.165, 1.54) is 37.7 Å². The molecule has 2 N–H and O–H groups in total. The smallest absolute Gasteiger partial charge is 0.0496 e. The van der Waals surface area contributed by atoms with Crippen molar-refractivity contribution < 1.29 is 0 Å². The highest BCUT2D eigenvalue weighted by Gasteiger charge is 2.27. The average molecular weight is 246 g/mol. The second-order valence-corrected chi connectivity index (χ2v) is 5.67. The van der Waals surface area contributed by atoms with Crippen molar-refractivity contribution in [2.75, 3.05) is 7.05 Å². The first-order valence-corrected chi connectivity index (χ1v) is 7.22. The van der Waals surface area contributed by atoms with Crippen LogP contribution in [0.5, 0.6) is 0 Å². The molecular formula is C16H26N2. The number of nitrogens with zero attached hydrogens (tertiary/aromatic N) is 1. The van der Waals surface area contributed by atoms with Gasteiger partial charge in [-0.2, -0.15) is 0 Å². The Bertz CT molecular complexity index is 341. The van der Waals surface area contributed by atoms with Crippen LogP contribution in [0.15, 0.2) is 30.3 Å². The molecule has 0 spiro atoms. The Morgan fingerprint density at radius 2 is 1.72 bits per heavy atom. The van der Waals surface area contributed by atoms with Crippen molar-refractivity contribution in [3.63, 3.8) is 0 Å². The molecule has 0 radical (unpaired) electrons. The van der Waals surface area contributed by atoms with Crippen molar-refractivity contribution in [1.82, 2.24) is 4.90 Å². The number of nitrogens with two attached hydrogens (primary N) is 1. The molecule has 1 aromatic carbocycles. The van der Waals surface area contributed by atoms with E-state index in [-0.39, 0.29) is 6.04 Å². The van der Waals surface area contributed by atoms with Gasteiger partial charge in [0.2, 0.25) is 0 Å². The minimum Gasteiger partial charge on any atom is -0.326 e. The van der Waals surface area contributed by atoms with E-state index in [2.05, 4.69) is 49.2 Å². The molecular weight excluding hydrogens is 220 g/mol. The van der Waals surface area contributed by atoms with Crippen LogP contribution in [0.2, 0.25) is 0 Å². The van der Waals surface area contributed by atoms with Gasteiger partial charge in [-0.25, -0.2) is 0 Å². The zero-order valence-corrected chi connectivity index (χ0v) is 11.7. The van der Waals surface area contributed by atoms with E-state index in [0.29, 0.717) is 12.1 Å². The zero-order chi connectivity index (χ0) is 13.0. The molecule has 0 aromatic heterocycles. The van der Waals surface area contributed by atoms with E-state index in [4.69, 9.17) is 5.73 Å². The van der Waals surface area contributed by atoms with Gasteiger partial charge in [0, 0.05) is 18.1 Å². The molecule has 1 saturated carbocycles. The predicted molar refractivity (Wildman–Crippen MR) is 77.5 cm³/mol. The van der Waals surface area contributed by atoms with Gasteiger partial charge in [0.1, 0.15) is 0 Å². The van der Waals surface area contributed by atoms with Gasteiger partial charge in [-0.1, -0.05) is 49.6 Å². The van der Waals surface area contributed by atoms with E-state index in [9.17, 15) is 0 Å². The number of hydrogen-bond donors (Lipinski definition) is 1. The van der Waals surface area contributed by atoms with Crippen LogP contribution in [-0.4, -0.2) is 24.0 Å². The molecule has 100 valence electrons. The first-order valence-electron chi connectivity index (χ1n) is 7.22. The zero-order valence-electron chi connectivity index (χ0n) is 11.7. The maximum absolute atomic E-state index is 6.23. The van der Waals surface area contributed by atoms with Crippen molar-refractivity contribution in [1.29, 1.82) is 0 Å². The van der Waals surface area contributed by atoms with Crippen LogP contribution in [-0.2, 0) is 0 Å². The molecule has 1 aliphatic carbocycles. The predicted octanol–water partition coefficient (Wildman–Crippen LogP) is 3.34. The summed E-state index contributed by atoms with van der Waals surface area (Å²) in [6, 6.07) is 11.9. The summed E-state index contributed by atoms with van der Waals surface area (Å²) in [4.78, 5) is 2.51. The first-order chi connectivity index (χ1) is 8.70. The van der Waals surface area contributed by atoms with Gasteiger partial charge < -0.3 is 5.73 Å². The van der Waals surface area contributed by atoms with E-state index in [0.717, 1.165) is 0 Å². The van der Waals surface area contributed by atoms with Gasteiger partial charge in [-0.05, 0) is 32.4 Å². The number of rotatable bonds is 4. The van der Waals surface area contributed by atoms with Crippen molar-refractivity contribution >= 4 is 0 Å². The molecule has 2 atom stereocenters. The van der Waals surface area contributed by atoms with Crippen LogP contribution in [0.25, 0.3) is 0 Å². The fourth-order valence-corrected chi connectivity index (χ4v) is 3.28. The van der Waals surface area contributed by atoms with Crippen LogP contribution in [0.1, 0.15) is 50.6 Å². The molecule has 2 rings (SSSR count). The topological polar surface area (TPSA) is 29.3 Å². The summed E-state index contributed by atoms with van der Waals surface area (Å²) in [5.74, 6) is 0. The molecule has 1 aromatic rings.